The van der Waals surface area contributed by atoms with Crippen LogP contribution in [0.3, 0.4) is 0 Å². The molecule has 0 aliphatic carbocycles. The Morgan fingerprint density at radius 1 is 1.14 bits per heavy atom. The lowest BCUT2D eigenvalue weighted by atomic mass is 9.98. The number of anilines is 1. The first-order chi connectivity index (χ1) is 13.4. The number of carbonyl (C=O) groups excluding carboxylic acids is 1. The van der Waals surface area contributed by atoms with Crippen molar-refractivity contribution >= 4 is 34.3 Å². The van der Waals surface area contributed by atoms with Gasteiger partial charge in [-0.3, -0.25) is 9.59 Å². The molecule has 146 valence electrons. The van der Waals surface area contributed by atoms with E-state index in [4.69, 9.17) is 0 Å². The molecule has 28 heavy (non-hydrogen) atoms. The highest BCUT2D eigenvalue weighted by Crippen LogP contribution is 2.29. The van der Waals surface area contributed by atoms with E-state index >= 15 is 0 Å². The fraction of sp³-hybridized carbons (Fsp3) is 0.318. The van der Waals surface area contributed by atoms with E-state index in [-0.39, 0.29) is 22.5 Å². The van der Waals surface area contributed by atoms with Crippen LogP contribution < -0.4 is 10.9 Å². The molecule has 0 saturated carbocycles. The second-order valence-electron chi connectivity index (χ2n) is 7.16. The third-order valence-electron chi connectivity index (χ3n) is 4.67. The summed E-state index contributed by atoms with van der Waals surface area (Å²) in [6.45, 7) is 8.17. The summed E-state index contributed by atoms with van der Waals surface area (Å²) in [4.78, 5) is 32.1. The minimum atomic E-state index is -0.154. The van der Waals surface area contributed by atoms with Crippen molar-refractivity contribution in [2.24, 2.45) is 0 Å². The van der Waals surface area contributed by atoms with Crippen molar-refractivity contribution in [3.05, 3.63) is 69.8 Å². The summed E-state index contributed by atoms with van der Waals surface area (Å²) in [5.74, 6) is 1.13. The van der Waals surface area contributed by atoms with Crippen molar-refractivity contribution in [1.29, 1.82) is 0 Å². The number of para-hydroxylation sites is 2. The molecular formula is C22H25N3O2S. The van der Waals surface area contributed by atoms with Gasteiger partial charge in [-0.05, 0) is 43.0 Å². The molecule has 0 saturated heterocycles. The highest BCUT2D eigenvalue weighted by atomic mass is 32.2. The lowest BCUT2D eigenvalue weighted by Crippen LogP contribution is -2.18. The molecule has 3 rings (SSSR count). The normalized spacial score (nSPS) is 12.3. The van der Waals surface area contributed by atoms with Crippen molar-refractivity contribution in [3.8, 4) is 0 Å². The number of H-pyrrole nitrogens is 1. The number of benzene rings is 2. The monoisotopic (exact) mass is 395 g/mol. The van der Waals surface area contributed by atoms with Crippen LogP contribution in [-0.4, -0.2) is 21.6 Å². The standard InChI is InChI=1S/C22H25N3O2S/c1-13(2)16-10-7-8-14(3)20(16)24-19(26)12-28-15(4)21-23-18-11-6-5-9-17(18)22(27)25-21/h5-11,13,15H,12H2,1-4H3,(H,24,26)(H,23,25,27). The number of rotatable bonds is 6. The minimum absolute atomic E-state index is 0.0591. The Balaban J connectivity index is 1.69. The maximum absolute atomic E-state index is 12.5. The number of nitrogens with one attached hydrogen (secondary N) is 2. The van der Waals surface area contributed by atoms with Gasteiger partial charge in [0.15, 0.2) is 0 Å². The molecule has 2 N–H and O–H groups in total. The van der Waals surface area contributed by atoms with Gasteiger partial charge in [-0.15, -0.1) is 11.8 Å². The Hall–Kier alpha value is -2.60. The number of carbonyl (C=O) groups is 1. The molecule has 0 aliphatic rings. The molecule has 6 heteroatoms. The molecule has 0 bridgehead atoms. The highest BCUT2D eigenvalue weighted by molar-refractivity contribution is 8.00. The van der Waals surface area contributed by atoms with Crippen LogP contribution in [-0.2, 0) is 4.79 Å². The quantitative estimate of drug-likeness (QED) is 0.629. The van der Waals surface area contributed by atoms with E-state index in [1.807, 2.05) is 50.2 Å². The van der Waals surface area contributed by atoms with Crippen molar-refractivity contribution in [1.82, 2.24) is 9.97 Å². The molecule has 5 nitrogen and oxygen atoms in total. The summed E-state index contributed by atoms with van der Waals surface area (Å²) >= 11 is 1.45. The van der Waals surface area contributed by atoms with Crippen LogP contribution in [0.2, 0.25) is 0 Å². The van der Waals surface area contributed by atoms with Gasteiger partial charge in [0.1, 0.15) is 5.82 Å². The topological polar surface area (TPSA) is 74.8 Å². The van der Waals surface area contributed by atoms with Crippen molar-refractivity contribution < 1.29 is 4.79 Å². The molecule has 2 aromatic carbocycles. The first kappa shape index (κ1) is 20.1. The molecule has 1 amide bonds. The Bertz CT molecular complexity index is 1060. The lowest BCUT2D eigenvalue weighted by Gasteiger charge is -2.17. The van der Waals surface area contributed by atoms with E-state index in [1.54, 1.807) is 6.07 Å². The van der Waals surface area contributed by atoms with Crippen LogP contribution in [0.4, 0.5) is 5.69 Å². The van der Waals surface area contributed by atoms with Crippen LogP contribution >= 0.6 is 11.8 Å². The summed E-state index contributed by atoms with van der Waals surface area (Å²) in [5.41, 5.74) is 3.59. The number of aromatic nitrogens is 2. The first-order valence-corrected chi connectivity index (χ1v) is 10.4. The Labute approximate surface area is 169 Å². The van der Waals surface area contributed by atoms with Crippen LogP contribution in [0.1, 0.15) is 48.9 Å². The average Bonchev–Trinajstić information content (AvgIpc) is 2.67. The Morgan fingerprint density at radius 2 is 1.89 bits per heavy atom. The second-order valence-corrected chi connectivity index (χ2v) is 8.49. The smallest absolute Gasteiger partial charge is 0.258 e. The van der Waals surface area contributed by atoms with E-state index in [0.717, 1.165) is 16.8 Å². The zero-order valence-electron chi connectivity index (χ0n) is 16.6. The molecule has 0 aliphatic heterocycles. The molecule has 0 fully saturated rings. The summed E-state index contributed by atoms with van der Waals surface area (Å²) in [6, 6.07) is 13.3. The van der Waals surface area contributed by atoms with Crippen LogP contribution in [0, 0.1) is 6.92 Å². The van der Waals surface area contributed by atoms with E-state index in [2.05, 4.69) is 29.1 Å². The summed E-state index contributed by atoms with van der Waals surface area (Å²) < 4.78 is 0. The Morgan fingerprint density at radius 3 is 2.64 bits per heavy atom. The van der Waals surface area contributed by atoms with E-state index < -0.39 is 0 Å². The maximum Gasteiger partial charge on any atom is 0.258 e. The maximum atomic E-state index is 12.5. The van der Waals surface area contributed by atoms with Gasteiger partial charge in [0.05, 0.1) is 21.9 Å². The average molecular weight is 396 g/mol. The predicted molar refractivity (Wildman–Crippen MR) is 117 cm³/mol. The van der Waals surface area contributed by atoms with Gasteiger partial charge in [-0.2, -0.15) is 0 Å². The van der Waals surface area contributed by atoms with Gasteiger partial charge in [-0.1, -0.05) is 44.2 Å². The number of hydrogen-bond acceptors (Lipinski definition) is 4. The molecule has 1 atom stereocenters. The van der Waals surface area contributed by atoms with Gasteiger partial charge in [0.25, 0.3) is 5.56 Å². The largest absolute Gasteiger partial charge is 0.325 e. The molecule has 3 aromatic rings. The highest BCUT2D eigenvalue weighted by Gasteiger charge is 2.16. The van der Waals surface area contributed by atoms with Gasteiger partial charge in [0, 0.05) is 5.69 Å². The van der Waals surface area contributed by atoms with Crippen LogP contribution in [0.5, 0.6) is 0 Å². The molecule has 0 radical (unpaired) electrons. The number of hydrogen-bond donors (Lipinski definition) is 2. The van der Waals surface area contributed by atoms with Gasteiger partial charge < -0.3 is 10.3 Å². The number of aromatic amines is 1. The fourth-order valence-electron chi connectivity index (χ4n) is 3.09. The Kier molecular flexibility index (Phi) is 6.19. The molecule has 1 aromatic heterocycles. The molecule has 0 spiro atoms. The molecule has 1 heterocycles. The summed E-state index contributed by atoms with van der Waals surface area (Å²) in [5, 5.41) is 3.52. The fourth-order valence-corrected chi connectivity index (χ4v) is 3.84. The first-order valence-electron chi connectivity index (χ1n) is 9.36. The van der Waals surface area contributed by atoms with E-state index in [0.29, 0.717) is 22.6 Å². The zero-order valence-corrected chi connectivity index (χ0v) is 17.4. The summed E-state index contributed by atoms with van der Waals surface area (Å²) in [6.07, 6.45) is 0. The number of aryl methyl sites for hydroxylation is 1. The van der Waals surface area contributed by atoms with E-state index in [9.17, 15) is 9.59 Å². The number of nitrogens with zero attached hydrogens (tertiary/aromatic N) is 1. The summed E-state index contributed by atoms with van der Waals surface area (Å²) in [7, 11) is 0. The van der Waals surface area contributed by atoms with Crippen molar-refractivity contribution in [2.45, 2.75) is 38.9 Å². The van der Waals surface area contributed by atoms with Crippen LogP contribution in [0.15, 0.2) is 47.3 Å². The molecular weight excluding hydrogens is 370 g/mol. The number of amides is 1. The van der Waals surface area contributed by atoms with Gasteiger partial charge in [-0.25, -0.2) is 4.98 Å². The number of fused-ring (bicyclic) bond motifs is 1. The minimum Gasteiger partial charge on any atom is -0.325 e. The van der Waals surface area contributed by atoms with Crippen molar-refractivity contribution in [2.75, 3.05) is 11.1 Å². The third-order valence-corrected chi connectivity index (χ3v) is 5.82. The lowest BCUT2D eigenvalue weighted by molar-refractivity contribution is -0.113. The second kappa shape index (κ2) is 8.61. The molecule has 1 unspecified atom stereocenters. The zero-order chi connectivity index (χ0) is 20.3. The van der Waals surface area contributed by atoms with Gasteiger partial charge in [0.2, 0.25) is 5.91 Å². The van der Waals surface area contributed by atoms with Crippen molar-refractivity contribution in [3.63, 3.8) is 0 Å². The number of thioether (sulfide) groups is 1. The SMILES string of the molecule is Cc1cccc(C(C)C)c1NC(=O)CSC(C)c1nc2ccccc2c(=O)[nH]1. The van der Waals surface area contributed by atoms with E-state index in [1.165, 1.54) is 11.8 Å². The van der Waals surface area contributed by atoms with Gasteiger partial charge >= 0.3 is 0 Å². The van der Waals surface area contributed by atoms with Crippen LogP contribution in [0.25, 0.3) is 10.9 Å². The predicted octanol–water partition coefficient (Wildman–Crippen LogP) is 4.79. The third kappa shape index (κ3) is 4.44.